The van der Waals surface area contributed by atoms with Crippen LogP contribution in [0.15, 0.2) is 40.9 Å². The molecule has 1 atom stereocenters. The van der Waals surface area contributed by atoms with Gasteiger partial charge in [-0.15, -0.1) is 0 Å². The van der Waals surface area contributed by atoms with Crippen LogP contribution in [-0.4, -0.2) is 19.2 Å². The molecule has 1 aliphatic carbocycles. The lowest BCUT2D eigenvalue weighted by Gasteiger charge is -2.29. The quantitative estimate of drug-likeness (QED) is 0.747. The van der Waals surface area contributed by atoms with Crippen LogP contribution in [-0.2, 0) is 11.8 Å². The van der Waals surface area contributed by atoms with E-state index >= 15 is 0 Å². The zero-order valence-corrected chi connectivity index (χ0v) is 17.2. The van der Waals surface area contributed by atoms with Crippen molar-refractivity contribution in [3.63, 3.8) is 0 Å². The van der Waals surface area contributed by atoms with E-state index < -0.39 is 0 Å². The Hall–Kier alpha value is -1.52. The molecule has 0 radical (unpaired) electrons. The van der Waals surface area contributed by atoms with Crippen LogP contribution in [0, 0.1) is 0 Å². The summed E-state index contributed by atoms with van der Waals surface area (Å²) >= 11 is 3.54. The van der Waals surface area contributed by atoms with Gasteiger partial charge in [-0.1, -0.05) is 54.9 Å². The molecule has 2 aromatic carbocycles. The minimum Gasteiger partial charge on any atom is -0.484 e. The van der Waals surface area contributed by atoms with Crippen LogP contribution in [0.1, 0.15) is 50.0 Å². The third-order valence-electron chi connectivity index (χ3n) is 5.24. The number of hydrogen-bond donors (Lipinski definition) is 1. The van der Waals surface area contributed by atoms with Gasteiger partial charge >= 0.3 is 0 Å². The number of ether oxygens (including phenoxy) is 2. The van der Waals surface area contributed by atoms with Gasteiger partial charge in [0.05, 0.1) is 0 Å². The summed E-state index contributed by atoms with van der Waals surface area (Å²) in [7, 11) is 0. The Balaban J connectivity index is 1.56. The molecule has 1 aliphatic heterocycles. The summed E-state index contributed by atoms with van der Waals surface area (Å²) in [6.07, 6.45) is 2.42. The predicted molar refractivity (Wildman–Crippen MR) is 108 cm³/mol. The monoisotopic (exact) mass is 415 g/mol. The van der Waals surface area contributed by atoms with Crippen LogP contribution >= 0.6 is 15.9 Å². The SMILES string of the molecule is CC(C)(C)c1ccc2c(c1)CCC2Oc1ccc(Br)cc1OC1CNC1. The van der Waals surface area contributed by atoms with Crippen LogP contribution in [0.5, 0.6) is 11.5 Å². The first-order valence-corrected chi connectivity index (χ1v) is 10.2. The van der Waals surface area contributed by atoms with Crippen LogP contribution in [0.3, 0.4) is 0 Å². The topological polar surface area (TPSA) is 30.5 Å². The highest BCUT2D eigenvalue weighted by Crippen LogP contribution is 2.40. The maximum Gasteiger partial charge on any atom is 0.162 e. The molecule has 1 N–H and O–H groups in total. The van der Waals surface area contributed by atoms with E-state index in [0.29, 0.717) is 0 Å². The van der Waals surface area contributed by atoms with E-state index in [4.69, 9.17) is 9.47 Å². The van der Waals surface area contributed by atoms with Crippen molar-refractivity contribution in [2.75, 3.05) is 13.1 Å². The third kappa shape index (κ3) is 3.63. The lowest BCUT2D eigenvalue weighted by molar-refractivity contribution is 0.127. The summed E-state index contributed by atoms with van der Waals surface area (Å²) in [5.74, 6) is 1.66. The Morgan fingerprint density at radius 2 is 1.81 bits per heavy atom. The first kappa shape index (κ1) is 17.9. The molecule has 2 aliphatic rings. The summed E-state index contributed by atoms with van der Waals surface area (Å²) in [6, 6.07) is 12.9. The number of halogens is 1. The van der Waals surface area contributed by atoms with Gasteiger partial charge in [0.2, 0.25) is 0 Å². The van der Waals surface area contributed by atoms with Crippen molar-refractivity contribution < 1.29 is 9.47 Å². The van der Waals surface area contributed by atoms with Crippen molar-refractivity contribution in [2.24, 2.45) is 0 Å². The fraction of sp³-hybridized carbons (Fsp3) is 0.455. The number of hydrogen-bond acceptors (Lipinski definition) is 3. The summed E-state index contributed by atoms with van der Waals surface area (Å²) in [5, 5.41) is 3.24. The second-order valence-electron chi connectivity index (χ2n) is 8.30. The van der Waals surface area contributed by atoms with E-state index in [-0.39, 0.29) is 17.6 Å². The molecular weight excluding hydrogens is 390 g/mol. The van der Waals surface area contributed by atoms with Crippen molar-refractivity contribution in [1.29, 1.82) is 0 Å². The van der Waals surface area contributed by atoms with Gasteiger partial charge in [0.15, 0.2) is 11.5 Å². The predicted octanol–water partition coefficient (Wildman–Crippen LogP) is 5.16. The molecule has 138 valence electrons. The molecule has 0 amide bonds. The minimum atomic E-state index is 0.0991. The summed E-state index contributed by atoms with van der Waals surface area (Å²) in [5.41, 5.74) is 4.31. The van der Waals surface area contributed by atoms with Crippen LogP contribution in [0.4, 0.5) is 0 Å². The largest absolute Gasteiger partial charge is 0.484 e. The first-order chi connectivity index (χ1) is 12.4. The fourth-order valence-corrected chi connectivity index (χ4v) is 3.86. The Morgan fingerprint density at radius 3 is 2.50 bits per heavy atom. The van der Waals surface area contributed by atoms with Gasteiger partial charge in [0, 0.05) is 17.6 Å². The van der Waals surface area contributed by atoms with E-state index in [1.54, 1.807) is 0 Å². The first-order valence-electron chi connectivity index (χ1n) is 9.37. The molecule has 3 nitrogen and oxygen atoms in total. The number of rotatable bonds is 4. The average molecular weight is 416 g/mol. The summed E-state index contributed by atoms with van der Waals surface area (Å²) in [6.45, 7) is 8.58. The maximum atomic E-state index is 6.42. The molecule has 26 heavy (non-hydrogen) atoms. The van der Waals surface area contributed by atoms with Gasteiger partial charge in [-0.25, -0.2) is 0 Å². The highest BCUT2D eigenvalue weighted by Gasteiger charge is 2.28. The second-order valence-corrected chi connectivity index (χ2v) is 9.21. The second kappa shape index (κ2) is 6.90. The molecule has 4 heteroatoms. The van der Waals surface area contributed by atoms with Gasteiger partial charge < -0.3 is 14.8 Å². The Kier molecular flexibility index (Phi) is 4.74. The van der Waals surface area contributed by atoms with Crippen LogP contribution < -0.4 is 14.8 Å². The number of aryl methyl sites for hydroxylation is 1. The van der Waals surface area contributed by atoms with E-state index in [1.807, 2.05) is 18.2 Å². The molecule has 0 spiro atoms. The zero-order valence-electron chi connectivity index (χ0n) is 15.6. The number of benzene rings is 2. The molecule has 0 saturated carbocycles. The van der Waals surface area contributed by atoms with E-state index in [2.05, 4.69) is 60.2 Å². The number of fused-ring (bicyclic) bond motifs is 1. The Morgan fingerprint density at radius 1 is 1.00 bits per heavy atom. The molecule has 1 saturated heterocycles. The Bertz CT molecular complexity index is 808. The van der Waals surface area contributed by atoms with E-state index in [0.717, 1.165) is 41.9 Å². The molecule has 1 unspecified atom stereocenters. The van der Waals surface area contributed by atoms with Gasteiger partial charge in [-0.05, 0) is 53.1 Å². The van der Waals surface area contributed by atoms with Crippen LogP contribution in [0.2, 0.25) is 0 Å². The van der Waals surface area contributed by atoms with E-state index in [1.165, 1.54) is 16.7 Å². The molecule has 1 heterocycles. The maximum absolute atomic E-state index is 6.42. The molecule has 0 bridgehead atoms. The van der Waals surface area contributed by atoms with Crippen molar-refractivity contribution in [3.8, 4) is 11.5 Å². The van der Waals surface area contributed by atoms with Crippen molar-refractivity contribution in [1.82, 2.24) is 5.32 Å². The molecule has 1 fully saturated rings. The molecular formula is C22H26BrNO2. The lowest BCUT2D eigenvalue weighted by Crippen LogP contribution is -2.50. The van der Waals surface area contributed by atoms with Crippen molar-refractivity contribution >= 4 is 15.9 Å². The van der Waals surface area contributed by atoms with Gasteiger partial charge in [0.25, 0.3) is 0 Å². The minimum absolute atomic E-state index is 0.0991. The fourth-order valence-electron chi connectivity index (χ4n) is 3.52. The van der Waals surface area contributed by atoms with Crippen molar-refractivity contribution in [2.45, 2.75) is 51.2 Å². The Labute approximate surface area is 164 Å². The molecule has 2 aromatic rings. The number of nitrogens with one attached hydrogen (secondary N) is 1. The van der Waals surface area contributed by atoms with E-state index in [9.17, 15) is 0 Å². The van der Waals surface area contributed by atoms with Gasteiger partial charge in [-0.2, -0.15) is 0 Å². The van der Waals surface area contributed by atoms with Crippen LogP contribution in [0.25, 0.3) is 0 Å². The summed E-state index contributed by atoms with van der Waals surface area (Å²) < 4.78 is 13.5. The zero-order chi connectivity index (χ0) is 18.3. The van der Waals surface area contributed by atoms with Gasteiger partial charge in [0.1, 0.15) is 12.2 Å². The third-order valence-corrected chi connectivity index (χ3v) is 5.74. The highest BCUT2D eigenvalue weighted by atomic mass is 79.9. The normalized spacial score (nSPS) is 19.8. The summed E-state index contributed by atoms with van der Waals surface area (Å²) in [4.78, 5) is 0. The smallest absolute Gasteiger partial charge is 0.162 e. The molecule has 4 rings (SSSR count). The average Bonchev–Trinajstić information content (AvgIpc) is 2.95. The van der Waals surface area contributed by atoms with Crippen molar-refractivity contribution in [3.05, 3.63) is 57.6 Å². The molecule has 0 aromatic heterocycles. The van der Waals surface area contributed by atoms with Gasteiger partial charge in [-0.3, -0.25) is 0 Å². The lowest BCUT2D eigenvalue weighted by atomic mass is 9.85. The highest BCUT2D eigenvalue weighted by molar-refractivity contribution is 9.10. The standard InChI is InChI=1S/C22H26BrNO2/c1-22(2,3)15-5-7-18-14(10-15)4-8-19(18)26-20-9-6-16(23)11-21(20)25-17-12-24-13-17/h5-7,9-11,17,19,24H,4,8,12-13H2,1-3H3.